The fourth-order valence-electron chi connectivity index (χ4n) is 4.81. The molecule has 3 amide bonds. The maximum absolute atomic E-state index is 12.8. The summed E-state index contributed by atoms with van der Waals surface area (Å²) in [6, 6.07) is 15.9. The minimum atomic E-state index is -0.297. The number of nitrogens with one attached hydrogen (secondary N) is 3. The molecule has 3 aromatic heterocycles. The van der Waals surface area contributed by atoms with E-state index >= 15 is 0 Å². The highest BCUT2D eigenvalue weighted by molar-refractivity contribution is 6.14. The first-order chi connectivity index (χ1) is 20.5. The van der Waals surface area contributed by atoms with Gasteiger partial charge in [0.1, 0.15) is 0 Å². The molecule has 1 aromatic carbocycles. The molecule has 0 atom stereocenters. The molecule has 2 saturated carbocycles. The smallest absolute Gasteiger partial charge is 0.272 e. The van der Waals surface area contributed by atoms with Gasteiger partial charge in [-0.05, 0) is 73.9 Å². The van der Waals surface area contributed by atoms with Gasteiger partial charge in [-0.15, -0.1) is 0 Å². The predicted octanol–water partition coefficient (Wildman–Crippen LogP) is 4.61. The molecule has 0 aliphatic heterocycles. The van der Waals surface area contributed by atoms with E-state index in [4.69, 9.17) is 5.73 Å². The number of aromatic nitrogens is 3. The van der Waals surface area contributed by atoms with E-state index in [1.807, 2.05) is 24.3 Å². The van der Waals surface area contributed by atoms with Crippen LogP contribution in [0.4, 0.5) is 11.4 Å². The molecule has 0 radical (unpaired) electrons. The number of para-hydroxylation sites is 1. The minimum absolute atomic E-state index is 0.167. The van der Waals surface area contributed by atoms with Crippen LogP contribution in [0.3, 0.4) is 0 Å². The van der Waals surface area contributed by atoms with Crippen LogP contribution in [-0.2, 0) is 0 Å². The van der Waals surface area contributed by atoms with Crippen molar-refractivity contribution in [2.75, 3.05) is 24.1 Å². The second kappa shape index (κ2) is 13.7. The van der Waals surface area contributed by atoms with E-state index in [0.29, 0.717) is 41.0 Å². The average molecular weight is 566 g/mol. The molecular weight excluding hydrogens is 530 g/mol. The Bertz CT molecular complexity index is 1560. The first-order valence-corrected chi connectivity index (χ1v) is 14.4. The van der Waals surface area contributed by atoms with Crippen molar-refractivity contribution in [3.63, 3.8) is 0 Å². The fraction of sp³-hybridized carbons (Fsp3) is 0.312. The van der Waals surface area contributed by atoms with Gasteiger partial charge in [0, 0.05) is 37.1 Å². The third-order valence-corrected chi connectivity index (χ3v) is 7.77. The van der Waals surface area contributed by atoms with Gasteiger partial charge < -0.3 is 21.7 Å². The van der Waals surface area contributed by atoms with Gasteiger partial charge >= 0.3 is 0 Å². The lowest BCUT2D eigenvalue weighted by atomic mass is 9.85. The van der Waals surface area contributed by atoms with Crippen LogP contribution in [0.5, 0.6) is 0 Å². The molecule has 0 bridgehead atoms. The van der Waals surface area contributed by atoms with Crippen molar-refractivity contribution in [3.8, 4) is 0 Å². The third kappa shape index (κ3) is 7.06. The van der Waals surface area contributed by atoms with Crippen LogP contribution in [0.25, 0.3) is 10.9 Å². The van der Waals surface area contributed by atoms with E-state index in [1.54, 1.807) is 48.9 Å². The number of anilines is 2. The van der Waals surface area contributed by atoms with Crippen molar-refractivity contribution in [2.45, 2.75) is 38.5 Å². The number of carbonyl (C=O) groups excluding carboxylic acids is 3. The highest BCUT2D eigenvalue weighted by Crippen LogP contribution is 2.26. The quantitative estimate of drug-likeness (QED) is 0.244. The maximum Gasteiger partial charge on any atom is 0.272 e. The number of nitrogens with two attached hydrogens (primary N) is 1. The Balaban J connectivity index is 0.000000199. The molecule has 2 aliphatic carbocycles. The molecule has 10 nitrogen and oxygen atoms in total. The molecule has 42 heavy (non-hydrogen) atoms. The summed E-state index contributed by atoms with van der Waals surface area (Å²) in [5.74, 6) is 0.477. The first kappa shape index (κ1) is 28.7. The molecule has 0 saturated heterocycles. The van der Waals surface area contributed by atoms with E-state index in [9.17, 15) is 14.4 Å². The van der Waals surface area contributed by atoms with Crippen molar-refractivity contribution in [3.05, 3.63) is 90.1 Å². The normalized spacial score (nSPS) is 14.5. The van der Waals surface area contributed by atoms with E-state index in [2.05, 4.69) is 30.9 Å². The molecule has 5 N–H and O–H groups in total. The highest BCUT2D eigenvalue weighted by atomic mass is 16.2. The standard InChI is InChI=1S/C21H20N4O2.C11H15N3O/c26-20(16-10-12-22-17-8-2-1-7-15(16)17)25-18-9-4-11-23-19(18)21(27)24-13-14-5-3-6-14;12-9-5-2-6-13-10(9)11(15)14-7-8-3-1-4-8/h1-2,4,7-12,14H,3,5-6,13H2,(H,24,27)(H,25,26);2,5-6,8H,1,3-4,7,12H2,(H,14,15). The Morgan fingerprint density at radius 3 is 1.95 bits per heavy atom. The lowest BCUT2D eigenvalue weighted by Gasteiger charge is -2.25. The van der Waals surface area contributed by atoms with Crippen LogP contribution in [-0.4, -0.2) is 45.8 Å². The number of carbonyl (C=O) groups is 3. The van der Waals surface area contributed by atoms with Crippen molar-refractivity contribution in [1.29, 1.82) is 0 Å². The fourth-order valence-corrected chi connectivity index (χ4v) is 4.81. The summed E-state index contributed by atoms with van der Waals surface area (Å²) in [7, 11) is 0. The summed E-state index contributed by atoms with van der Waals surface area (Å²) in [5.41, 5.74) is 8.29. The van der Waals surface area contributed by atoms with Crippen molar-refractivity contribution in [1.82, 2.24) is 25.6 Å². The summed E-state index contributed by atoms with van der Waals surface area (Å²) in [5, 5.41) is 9.37. The maximum atomic E-state index is 12.8. The topological polar surface area (TPSA) is 152 Å². The lowest BCUT2D eigenvalue weighted by molar-refractivity contribution is 0.0927. The summed E-state index contributed by atoms with van der Waals surface area (Å²) < 4.78 is 0. The Hall–Kier alpha value is -4.86. The molecule has 3 heterocycles. The van der Waals surface area contributed by atoms with Crippen LogP contribution in [0.2, 0.25) is 0 Å². The second-order valence-electron chi connectivity index (χ2n) is 10.7. The van der Waals surface area contributed by atoms with Gasteiger partial charge in [-0.2, -0.15) is 0 Å². The van der Waals surface area contributed by atoms with Gasteiger partial charge in [0.05, 0.1) is 22.5 Å². The zero-order chi connectivity index (χ0) is 29.3. The monoisotopic (exact) mass is 565 g/mol. The Labute approximate surface area is 244 Å². The number of nitrogen functional groups attached to an aromatic ring is 1. The number of rotatable bonds is 8. The molecule has 10 heteroatoms. The number of pyridine rings is 3. The second-order valence-corrected chi connectivity index (χ2v) is 10.7. The zero-order valence-corrected chi connectivity index (χ0v) is 23.4. The van der Waals surface area contributed by atoms with Crippen LogP contribution in [0, 0.1) is 11.8 Å². The Kier molecular flexibility index (Phi) is 9.33. The van der Waals surface area contributed by atoms with Gasteiger partial charge in [-0.25, -0.2) is 9.97 Å². The number of hydrogen-bond acceptors (Lipinski definition) is 7. The summed E-state index contributed by atoms with van der Waals surface area (Å²) in [6.45, 7) is 1.40. The largest absolute Gasteiger partial charge is 0.397 e. The molecule has 216 valence electrons. The van der Waals surface area contributed by atoms with Gasteiger partial charge in [0.25, 0.3) is 17.7 Å². The number of nitrogens with zero attached hydrogens (tertiary/aromatic N) is 3. The Morgan fingerprint density at radius 2 is 1.31 bits per heavy atom. The molecule has 0 spiro atoms. The summed E-state index contributed by atoms with van der Waals surface area (Å²) >= 11 is 0. The van der Waals surface area contributed by atoms with Gasteiger partial charge in [-0.1, -0.05) is 31.0 Å². The molecular formula is C32H35N7O3. The van der Waals surface area contributed by atoms with Gasteiger partial charge in [0.15, 0.2) is 11.4 Å². The van der Waals surface area contributed by atoms with E-state index in [0.717, 1.165) is 30.3 Å². The SMILES string of the molecule is Nc1cccnc1C(=O)NCC1CCC1.O=C(NCC1CCC1)c1ncccc1NC(=O)c1ccnc2ccccc12. The van der Waals surface area contributed by atoms with Crippen LogP contribution in [0.15, 0.2) is 73.2 Å². The van der Waals surface area contributed by atoms with Crippen molar-refractivity contribution < 1.29 is 14.4 Å². The number of amides is 3. The van der Waals surface area contributed by atoms with Crippen LogP contribution >= 0.6 is 0 Å². The third-order valence-electron chi connectivity index (χ3n) is 7.77. The first-order valence-electron chi connectivity index (χ1n) is 14.4. The molecule has 2 fully saturated rings. The van der Waals surface area contributed by atoms with E-state index in [1.165, 1.54) is 25.7 Å². The van der Waals surface area contributed by atoms with Crippen LogP contribution < -0.4 is 21.7 Å². The van der Waals surface area contributed by atoms with E-state index in [-0.39, 0.29) is 23.4 Å². The van der Waals surface area contributed by atoms with Gasteiger partial charge in [-0.3, -0.25) is 19.4 Å². The summed E-state index contributed by atoms with van der Waals surface area (Å²) in [6.07, 6.45) is 12.0. The highest BCUT2D eigenvalue weighted by Gasteiger charge is 2.21. The van der Waals surface area contributed by atoms with Crippen LogP contribution in [0.1, 0.15) is 69.9 Å². The van der Waals surface area contributed by atoms with Gasteiger partial charge in [0.2, 0.25) is 0 Å². The molecule has 0 unspecified atom stereocenters. The Morgan fingerprint density at radius 1 is 0.690 bits per heavy atom. The zero-order valence-electron chi connectivity index (χ0n) is 23.4. The predicted molar refractivity (Wildman–Crippen MR) is 162 cm³/mol. The van der Waals surface area contributed by atoms with E-state index < -0.39 is 0 Å². The molecule has 2 aliphatic rings. The molecule has 4 aromatic rings. The minimum Gasteiger partial charge on any atom is -0.397 e. The summed E-state index contributed by atoms with van der Waals surface area (Å²) in [4.78, 5) is 49.4. The number of fused-ring (bicyclic) bond motifs is 1. The van der Waals surface area contributed by atoms with Crippen molar-refractivity contribution in [2.24, 2.45) is 11.8 Å². The number of hydrogen-bond donors (Lipinski definition) is 4. The lowest BCUT2D eigenvalue weighted by Crippen LogP contribution is -2.33. The average Bonchev–Trinajstić information content (AvgIpc) is 2.96. The number of benzene rings is 1. The molecule has 6 rings (SSSR count). The van der Waals surface area contributed by atoms with Crippen molar-refractivity contribution >= 4 is 40.0 Å².